The summed E-state index contributed by atoms with van der Waals surface area (Å²) in [7, 11) is 0. The molecule has 0 saturated carbocycles. The summed E-state index contributed by atoms with van der Waals surface area (Å²) in [4.78, 5) is 10.5. The SMILES string of the molecule is CC(=O)OCCOc1cccc(CN)c1. The van der Waals surface area contributed by atoms with E-state index in [1.165, 1.54) is 6.92 Å². The molecule has 0 atom stereocenters. The van der Waals surface area contributed by atoms with Gasteiger partial charge in [0, 0.05) is 13.5 Å². The van der Waals surface area contributed by atoms with E-state index in [9.17, 15) is 4.79 Å². The predicted octanol–water partition coefficient (Wildman–Crippen LogP) is 1.09. The normalized spacial score (nSPS) is 9.73. The fourth-order valence-electron chi connectivity index (χ4n) is 1.11. The summed E-state index contributed by atoms with van der Waals surface area (Å²) in [6, 6.07) is 7.52. The number of benzene rings is 1. The van der Waals surface area contributed by atoms with Gasteiger partial charge < -0.3 is 15.2 Å². The van der Waals surface area contributed by atoms with Crippen LogP contribution in [0, 0.1) is 0 Å². The zero-order chi connectivity index (χ0) is 11.1. The first kappa shape index (κ1) is 11.5. The van der Waals surface area contributed by atoms with Crippen LogP contribution in [0.2, 0.25) is 0 Å². The maximum absolute atomic E-state index is 10.5. The number of nitrogens with two attached hydrogens (primary N) is 1. The highest BCUT2D eigenvalue weighted by Crippen LogP contribution is 2.12. The highest BCUT2D eigenvalue weighted by molar-refractivity contribution is 5.65. The van der Waals surface area contributed by atoms with E-state index in [0.717, 1.165) is 11.3 Å². The van der Waals surface area contributed by atoms with E-state index in [0.29, 0.717) is 13.2 Å². The maximum Gasteiger partial charge on any atom is 0.302 e. The Morgan fingerprint density at radius 3 is 2.87 bits per heavy atom. The van der Waals surface area contributed by atoms with E-state index < -0.39 is 0 Å². The number of ether oxygens (including phenoxy) is 2. The fraction of sp³-hybridized carbons (Fsp3) is 0.364. The lowest BCUT2D eigenvalue weighted by atomic mass is 10.2. The number of esters is 1. The van der Waals surface area contributed by atoms with E-state index in [4.69, 9.17) is 15.2 Å². The molecule has 0 aliphatic carbocycles. The molecule has 0 aliphatic rings. The van der Waals surface area contributed by atoms with Gasteiger partial charge in [-0.05, 0) is 17.7 Å². The van der Waals surface area contributed by atoms with E-state index in [-0.39, 0.29) is 12.6 Å². The molecular weight excluding hydrogens is 194 g/mol. The van der Waals surface area contributed by atoms with Gasteiger partial charge in [0.1, 0.15) is 19.0 Å². The van der Waals surface area contributed by atoms with Crippen molar-refractivity contribution in [3.63, 3.8) is 0 Å². The summed E-state index contributed by atoms with van der Waals surface area (Å²) >= 11 is 0. The van der Waals surface area contributed by atoms with Crippen molar-refractivity contribution in [1.82, 2.24) is 0 Å². The minimum atomic E-state index is -0.297. The molecule has 0 aliphatic heterocycles. The monoisotopic (exact) mass is 209 g/mol. The van der Waals surface area contributed by atoms with Gasteiger partial charge in [-0.3, -0.25) is 4.79 Å². The van der Waals surface area contributed by atoms with Gasteiger partial charge in [-0.15, -0.1) is 0 Å². The van der Waals surface area contributed by atoms with Crippen molar-refractivity contribution >= 4 is 5.97 Å². The Bertz CT molecular complexity index is 325. The van der Waals surface area contributed by atoms with Gasteiger partial charge in [0.25, 0.3) is 0 Å². The molecule has 4 heteroatoms. The molecule has 1 rings (SSSR count). The predicted molar refractivity (Wildman–Crippen MR) is 56.5 cm³/mol. The number of carbonyl (C=O) groups excluding carboxylic acids is 1. The van der Waals surface area contributed by atoms with Gasteiger partial charge in [-0.2, -0.15) is 0 Å². The zero-order valence-corrected chi connectivity index (χ0v) is 8.73. The topological polar surface area (TPSA) is 61.5 Å². The van der Waals surface area contributed by atoms with E-state index in [1.54, 1.807) is 0 Å². The van der Waals surface area contributed by atoms with Crippen LogP contribution in [-0.2, 0) is 16.1 Å². The van der Waals surface area contributed by atoms with Crippen LogP contribution < -0.4 is 10.5 Å². The summed E-state index contributed by atoms with van der Waals surface area (Å²) in [5, 5.41) is 0. The van der Waals surface area contributed by atoms with Crippen molar-refractivity contribution in [3.8, 4) is 5.75 Å². The first-order valence-electron chi connectivity index (χ1n) is 4.77. The van der Waals surface area contributed by atoms with Crippen LogP contribution in [0.3, 0.4) is 0 Å². The molecule has 82 valence electrons. The minimum Gasteiger partial charge on any atom is -0.490 e. The third-order valence-electron chi connectivity index (χ3n) is 1.79. The Morgan fingerprint density at radius 2 is 2.20 bits per heavy atom. The van der Waals surface area contributed by atoms with Crippen molar-refractivity contribution < 1.29 is 14.3 Å². The smallest absolute Gasteiger partial charge is 0.302 e. The maximum atomic E-state index is 10.5. The fourth-order valence-corrected chi connectivity index (χ4v) is 1.11. The molecule has 0 bridgehead atoms. The summed E-state index contributed by atoms with van der Waals surface area (Å²) < 4.78 is 10.1. The van der Waals surface area contributed by atoms with E-state index in [2.05, 4.69) is 0 Å². The van der Waals surface area contributed by atoms with Crippen LogP contribution >= 0.6 is 0 Å². The van der Waals surface area contributed by atoms with E-state index in [1.807, 2.05) is 24.3 Å². The summed E-state index contributed by atoms with van der Waals surface area (Å²) in [6.45, 7) is 2.48. The second-order valence-electron chi connectivity index (χ2n) is 3.04. The highest BCUT2D eigenvalue weighted by Gasteiger charge is 1.96. The van der Waals surface area contributed by atoms with Crippen molar-refractivity contribution in [3.05, 3.63) is 29.8 Å². The molecular formula is C11H15NO3. The lowest BCUT2D eigenvalue weighted by molar-refractivity contribution is -0.141. The number of hydrogen-bond donors (Lipinski definition) is 1. The van der Waals surface area contributed by atoms with Gasteiger partial charge in [0.05, 0.1) is 0 Å². The Labute approximate surface area is 89.0 Å². The van der Waals surface area contributed by atoms with Crippen LogP contribution in [0.1, 0.15) is 12.5 Å². The molecule has 0 heterocycles. The van der Waals surface area contributed by atoms with Crippen molar-refractivity contribution in [2.75, 3.05) is 13.2 Å². The van der Waals surface area contributed by atoms with Crippen LogP contribution in [0.5, 0.6) is 5.75 Å². The van der Waals surface area contributed by atoms with Gasteiger partial charge >= 0.3 is 5.97 Å². The molecule has 0 aromatic heterocycles. The first-order chi connectivity index (χ1) is 7.22. The zero-order valence-electron chi connectivity index (χ0n) is 8.73. The third-order valence-corrected chi connectivity index (χ3v) is 1.79. The molecule has 1 aromatic carbocycles. The van der Waals surface area contributed by atoms with Crippen LogP contribution in [0.4, 0.5) is 0 Å². The minimum absolute atomic E-state index is 0.266. The molecule has 2 N–H and O–H groups in total. The number of hydrogen-bond acceptors (Lipinski definition) is 4. The summed E-state index contributed by atoms with van der Waals surface area (Å²) in [6.07, 6.45) is 0. The molecule has 1 aromatic rings. The summed E-state index contributed by atoms with van der Waals surface area (Å²) in [5.41, 5.74) is 6.50. The number of carbonyl (C=O) groups is 1. The Balaban J connectivity index is 2.33. The standard InChI is InChI=1S/C11H15NO3/c1-9(13)14-5-6-15-11-4-2-3-10(7-11)8-12/h2-4,7H,5-6,8,12H2,1H3. The quantitative estimate of drug-likeness (QED) is 0.582. The molecule has 0 amide bonds. The van der Waals surface area contributed by atoms with E-state index >= 15 is 0 Å². The summed E-state index contributed by atoms with van der Waals surface area (Å²) in [5.74, 6) is 0.444. The molecule has 0 fully saturated rings. The van der Waals surface area contributed by atoms with Crippen LogP contribution in [-0.4, -0.2) is 19.2 Å². The van der Waals surface area contributed by atoms with Gasteiger partial charge in [0.15, 0.2) is 0 Å². The van der Waals surface area contributed by atoms with Crippen LogP contribution in [0.25, 0.3) is 0 Å². The van der Waals surface area contributed by atoms with Crippen molar-refractivity contribution in [2.24, 2.45) is 5.73 Å². The van der Waals surface area contributed by atoms with Crippen molar-refractivity contribution in [2.45, 2.75) is 13.5 Å². The Morgan fingerprint density at radius 1 is 1.40 bits per heavy atom. The largest absolute Gasteiger partial charge is 0.490 e. The molecule has 0 saturated heterocycles. The average Bonchev–Trinajstić information content (AvgIpc) is 2.24. The van der Waals surface area contributed by atoms with Gasteiger partial charge in [-0.1, -0.05) is 12.1 Å². The Kier molecular flexibility index (Phi) is 4.63. The second kappa shape index (κ2) is 6.03. The van der Waals surface area contributed by atoms with Crippen LogP contribution in [0.15, 0.2) is 24.3 Å². The lowest BCUT2D eigenvalue weighted by Crippen LogP contribution is -2.09. The molecule has 0 radical (unpaired) electrons. The average molecular weight is 209 g/mol. The molecule has 0 unspecified atom stereocenters. The number of rotatable bonds is 5. The highest BCUT2D eigenvalue weighted by atomic mass is 16.6. The second-order valence-corrected chi connectivity index (χ2v) is 3.04. The molecule has 4 nitrogen and oxygen atoms in total. The first-order valence-corrected chi connectivity index (χ1v) is 4.77. The van der Waals surface area contributed by atoms with Gasteiger partial charge in [-0.25, -0.2) is 0 Å². The molecule has 0 spiro atoms. The lowest BCUT2D eigenvalue weighted by Gasteiger charge is -2.07. The third kappa shape index (κ3) is 4.46. The Hall–Kier alpha value is -1.55. The molecule has 15 heavy (non-hydrogen) atoms. The van der Waals surface area contributed by atoms with Gasteiger partial charge in [0.2, 0.25) is 0 Å². The van der Waals surface area contributed by atoms with Crippen molar-refractivity contribution in [1.29, 1.82) is 0 Å².